The van der Waals surface area contributed by atoms with Crippen LogP contribution in [0, 0.1) is 23.4 Å². The third-order valence-electron chi connectivity index (χ3n) is 3.54. The van der Waals surface area contributed by atoms with Gasteiger partial charge in [0.2, 0.25) is 5.91 Å². The third kappa shape index (κ3) is 4.59. The molecule has 0 aliphatic heterocycles. The van der Waals surface area contributed by atoms with Gasteiger partial charge in [-0.05, 0) is 30.2 Å². The predicted molar refractivity (Wildman–Crippen MR) is 87.5 cm³/mol. The van der Waals surface area contributed by atoms with Crippen molar-refractivity contribution < 1.29 is 22.8 Å². The number of carbonyl (C=O) groups excluding carboxylic acids is 2. The number of carbonyl (C=O) groups is 2. The summed E-state index contributed by atoms with van der Waals surface area (Å²) in [5, 5.41) is 4.87. The fraction of sp³-hybridized carbons (Fsp3) is 0.222. The molecule has 1 atom stereocenters. The quantitative estimate of drug-likeness (QED) is 0.867. The Kier molecular flexibility index (Phi) is 5.80. The topological polar surface area (TPSA) is 58.2 Å². The van der Waals surface area contributed by atoms with E-state index < -0.39 is 35.3 Å². The molecule has 2 rings (SSSR count). The SMILES string of the molecule is CC(C)[C@H](NC(=O)c1ccccc1F)C(=O)Nc1ccc(F)c(F)c1. The van der Waals surface area contributed by atoms with Gasteiger partial charge in [-0.15, -0.1) is 0 Å². The minimum atomic E-state index is -1.10. The summed E-state index contributed by atoms with van der Waals surface area (Å²) in [6, 6.07) is 7.32. The van der Waals surface area contributed by atoms with E-state index in [0.717, 1.165) is 18.2 Å². The van der Waals surface area contributed by atoms with E-state index in [-0.39, 0.29) is 17.2 Å². The molecule has 0 aliphatic carbocycles. The minimum absolute atomic E-state index is 0.0506. The van der Waals surface area contributed by atoms with Crippen molar-refractivity contribution in [1.29, 1.82) is 0 Å². The van der Waals surface area contributed by atoms with Gasteiger partial charge >= 0.3 is 0 Å². The average molecular weight is 350 g/mol. The first kappa shape index (κ1) is 18.5. The molecule has 2 aromatic carbocycles. The summed E-state index contributed by atoms with van der Waals surface area (Å²) in [6.07, 6.45) is 0. The molecule has 2 aromatic rings. The largest absolute Gasteiger partial charge is 0.340 e. The van der Waals surface area contributed by atoms with E-state index in [2.05, 4.69) is 10.6 Å². The number of hydrogen-bond donors (Lipinski definition) is 2. The Morgan fingerprint density at radius 1 is 0.920 bits per heavy atom. The van der Waals surface area contributed by atoms with Crippen LogP contribution >= 0.6 is 0 Å². The normalized spacial score (nSPS) is 11.9. The van der Waals surface area contributed by atoms with Crippen molar-refractivity contribution in [3.8, 4) is 0 Å². The fourth-order valence-corrected chi connectivity index (χ4v) is 2.19. The van der Waals surface area contributed by atoms with Crippen molar-refractivity contribution in [2.75, 3.05) is 5.32 Å². The van der Waals surface area contributed by atoms with Gasteiger partial charge in [0.15, 0.2) is 11.6 Å². The Bertz CT molecular complexity index is 794. The van der Waals surface area contributed by atoms with Crippen LogP contribution in [0.15, 0.2) is 42.5 Å². The molecule has 25 heavy (non-hydrogen) atoms. The number of hydrogen-bond acceptors (Lipinski definition) is 2. The van der Waals surface area contributed by atoms with Gasteiger partial charge in [-0.3, -0.25) is 9.59 Å². The highest BCUT2D eigenvalue weighted by molar-refractivity contribution is 6.01. The molecule has 0 heterocycles. The summed E-state index contributed by atoms with van der Waals surface area (Å²) in [4.78, 5) is 24.6. The Labute approximate surface area is 143 Å². The standard InChI is InChI=1S/C18H17F3N2O2/c1-10(2)16(23-17(24)12-5-3-4-6-13(12)19)18(25)22-11-7-8-14(20)15(21)9-11/h3-10,16H,1-2H3,(H,22,25)(H,23,24)/t16-/m0/s1. The first-order chi connectivity index (χ1) is 11.8. The van der Waals surface area contributed by atoms with Gasteiger partial charge in [0, 0.05) is 11.8 Å². The lowest BCUT2D eigenvalue weighted by Gasteiger charge is -2.22. The monoisotopic (exact) mass is 350 g/mol. The van der Waals surface area contributed by atoms with Crippen molar-refractivity contribution in [1.82, 2.24) is 5.32 Å². The van der Waals surface area contributed by atoms with Crippen molar-refractivity contribution in [3.05, 3.63) is 65.5 Å². The smallest absolute Gasteiger partial charge is 0.254 e. The lowest BCUT2D eigenvalue weighted by molar-refractivity contribution is -0.118. The Morgan fingerprint density at radius 2 is 1.60 bits per heavy atom. The molecule has 0 aliphatic rings. The van der Waals surface area contributed by atoms with E-state index in [4.69, 9.17) is 0 Å². The van der Waals surface area contributed by atoms with Crippen LogP contribution in [0.3, 0.4) is 0 Å². The van der Waals surface area contributed by atoms with Gasteiger partial charge in [-0.2, -0.15) is 0 Å². The molecule has 0 bridgehead atoms. The number of rotatable bonds is 5. The molecule has 7 heteroatoms. The van der Waals surface area contributed by atoms with E-state index in [1.807, 2.05) is 0 Å². The van der Waals surface area contributed by atoms with Crippen LogP contribution in [0.4, 0.5) is 18.9 Å². The maximum Gasteiger partial charge on any atom is 0.254 e. The summed E-state index contributed by atoms with van der Waals surface area (Å²) in [7, 11) is 0. The lowest BCUT2D eigenvalue weighted by atomic mass is 10.0. The highest BCUT2D eigenvalue weighted by Gasteiger charge is 2.26. The summed E-state index contributed by atoms with van der Waals surface area (Å²) >= 11 is 0. The van der Waals surface area contributed by atoms with Gasteiger partial charge in [0.25, 0.3) is 5.91 Å². The Hall–Kier alpha value is -2.83. The highest BCUT2D eigenvalue weighted by Crippen LogP contribution is 2.15. The number of benzene rings is 2. The average Bonchev–Trinajstić information content (AvgIpc) is 2.55. The molecule has 0 aromatic heterocycles. The van der Waals surface area contributed by atoms with E-state index in [0.29, 0.717) is 0 Å². The van der Waals surface area contributed by atoms with Crippen LogP contribution in [-0.4, -0.2) is 17.9 Å². The molecule has 0 unspecified atom stereocenters. The predicted octanol–water partition coefficient (Wildman–Crippen LogP) is 3.50. The van der Waals surface area contributed by atoms with E-state index in [9.17, 15) is 22.8 Å². The van der Waals surface area contributed by atoms with Crippen LogP contribution in [0.1, 0.15) is 24.2 Å². The molecule has 0 spiro atoms. The number of halogens is 3. The van der Waals surface area contributed by atoms with Crippen LogP contribution in [-0.2, 0) is 4.79 Å². The second-order valence-electron chi connectivity index (χ2n) is 5.79. The second-order valence-corrected chi connectivity index (χ2v) is 5.79. The van der Waals surface area contributed by atoms with Gasteiger partial charge < -0.3 is 10.6 Å². The summed E-state index contributed by atoms with van der Waals surface area (Å²) in [5.74, 6) is -4.52. The molecular weight excluding hydrogens is 333 g/mol. The van der Waals surface area contributed by atoms with Crippen LogP contribution < -0.4 is 10.6 Å². The van der Waals surface area contributed by atoms with E-state index in [1.165, 1.54) is 24.3 Å². The van der Waals surface area contributed by atoms with Crippen molar-refractivity contribution in [2.45, 2.75) is 19.9 Å². The van der Waals surface area contributed by atoms with E-state index >= 15 is 0 Å². The van der Waals surface area contributed by atoms with Gasteiger partial charge in [-0.1, -0.05) is 26.0 Å². The van der Waals surface area contributed by atoms with Crippen LogP contribution in [0.25, 0.3) is 0 Å². The van der Waals surface area contributed by atoms with Gasteiger partial charge in [0.1, 0.15) is 11.9 Å². The van der Waals surface area contributed by atoms with Crippen LogP contribution in [0.2, 0.25) is 0 Å². The lowest BCUT2D eigenvalue weighted by Crippen LogP contribution is -2.47. The molecule has 132 valence electrons. The van der Waals surface area contributed by atoms with Crippen molar-refractivity contribution in [3.63, 3.8) is 0 Å². The maximum absolute atomic E-state index is 13.7. The zero-order valence-electron chi connectivity index (χ0n) is 13.6. The number of amides is 2. The van der Waals surface area contributed by atoms with Gasteiger partial charge in [0.05, 0.1) is 5.56 Å². The molecule has 0 saturated carbocycles. The zero-order chi connectivity index (χ0) is 18.6. The minimum Gasteiger partial charge on any atom is -0.340 e. The summed E-state index contributed by atoms with van der Waals surface area (Å²) < 4.78 is 39.9. The molecule has 2 amide bonds. The molecule has 0 fully saturated rings. The number of anilines is 1. The van der Waals surface area contributed by atoms with Crippen molar-refractivity contribution in [2.24, 2.45) is 5.92 Å². The van der Waals surface area contributed by atoms with Gasteiger partial charge in [-0.25, -0.2) is 13.2 Å². The highest BCUT2D eigenvalue weighted by atomic mass is 19.2. The molecule has 2 N–H and O–H groups in total. The third-order valence-corrected chi connectivity index (χ3v) is 3.54. The van der Waals surface area contributed by atoms with E-state index in [1.54, 1.807) is 13.8 Å². The second kappa shape index (κ2) is 7.83. The summed E-state index contributed by atoms with van der Waals surface area (Å²) in [5.41, 5.74) is -0.136. The molecule has 0 radical (unpaired) electrons. The van der Waals surface area contributed by atoms with Crippen molar-refractivity contribution >= 4 is 17.5 Å². The Morgan fingerprint density at radius 3 is 2.20 bits per heavy atom. The number of nitrogens with one attached hydrogen (secondary N) is 2. The first-order valence-corrected chi connectivity index (χ1v) is 7.61. The fourth-order valence-electron chi connectivity index (χ4n) is 2.19. The van der Waals surface area contributed by atoms with Crippen LogP contribution in [0.5, 0.6) is 0 Å². The maximum atomic E-state index is 13.7. The molecule has 0 saturated heterocycles. The first-order valence-electron chi connectivity index (χ1n) is 7.61. The molecular formula is C18H17F3N2O2. The molecule has 4 nitrogen and oxygen atoms in total. The summed E-state index contributed by atoms with van der Waals surface area (Å²) in [6.45, 7) is 3.38. The Balaban J connectivity index is 2.14. The zero-order valence-corrected chi connectivity index (χ0v) is 13.6.